The number of hydrogen-bond acceptors (Lipinski definition) is 2. The van der Waals surface area contributed by atoms with Crippen molar-refractivity contribution in [3.63, 3.8) is 0 Å². The topological polar surface area (TPSA) is 12.5 Å². The van der Waals surface area contributed by atoms with Crippen LogP contribution in [0.15, 0.2) is 0 Å². The van der Waals surface area contributed by atoms with Crippen molar-refractivity contribution in [2.24, 2.45) is 11.3 Å². The molecule has 1 aliphatic carbocycles. The molecule has 2 heterocycles. The Morgan fingerprint density at radius 1 is 1.23 bits per heavy atom. The number of likely N-dealkylation sites (tertiary alicyclic amines) is 1. The Hall–Kier alpha value is -0.0800. The van der Waals surface area contributed by atoms with Gasteiger partial charge in [0.2, 0.25) is 0 Å². The van der Waals surface area contributed by atoms with Gasteiger partial charge in [0.15, 0.2) is 0 Å². The second-order valence-electron chi connectivity index (χ2n) is 5.20. The second-order valence-corrected chi connectivity index (χ2v) is 5.20. The standard InChI is InChI=1S/C11H19NO/c1-12-6-4-11(5-7-12)8-13-10-3-2-9(10)11/h9-10H,2-8H2,1H3. The van der Waals surface area contributed by atoms with E-state index >= 15 is 0 Å². The van der Waals surface area contributed by atoms with Crippen molar-refractivity contribution in [2.45, 2.75) is 31.8 Å². The quantitative estimate of drug-likeness (QED) is 0.561. The molecule has 0 amide bonds. The van der Waals surface area contributed by atoms with Gasteiger partial charge in [0.1, 0.15) is 0 Å². The summed E-state index contributed by atoms with van der Waals surface area (Å²) in [6.45, 7) is 3.63. The van der Waals surface area contributed by atoms with E-state index in [1.165, 1.54) is 38.8 Å². The fourth-order valence-electron chi connectivity index (χ4n) is 3.33. The molecule has 3 rings (SSSR count). The molecule has 13 heavy (non-hydrogen) atoms. The van der Waals surface area contributed by atoms with Gasteiger partial charge >= 0.3 is 0 Å². The highest BCUT2D eigenvalue weighted by Crippen LogP contribution is 2.54. The van der Waals surface area contributed by atoms with Gasteiger partial charge in [-0.15, -0.1) is 0 Å². The fourth-order valence-corrected chi connectivity index (χ4v) is 3.33. The molecule has 0 aromatic rings. The van der Waals surface area contributed by atoms with E-state index in [0.29, 0.717) is 11.5 Å². The lowest BCUT2D eigenvalue weighted by atomic mass is 9.62. The van der Waals surface area contributed by atoms with Crippen molar-refractivity contribution in [1.29, 1.82) is 0 Å². The highest BCUT2D eigenvalue weighted by molar-refractivity contribution is 5.03. The number of hydrogen-bond donors (Lipinski definition) is 0. The van der Waals surface area contributed by atoms with Crippen LogP contribution in [-0.4, -0.2) is 37.7 Å². The van der Waals surface area contributed by atoms with Gasteiger partial charge in [-0.25, -0.2) is 0 Å². The monoisotopic (exact) mass is 181 g/mol. The molecule has 2 atom stereocenters. The van der Waals surface area contributed by atoms with Crippen LogP contribution in [0.3, 0.4) is 0 Å². The average Bonchev–Trinajstić information content (AvgIpc) is 2.30. The van der Waals surface area contributed by atoms with Gasteiger partial charge in [0, 0.05) is 5.41 Å². The van der Waals surface area contributed by atoms with Gasteiger partial charge in [-0.1, -0.05) is 0 Å². The summed E-state index contributed by atoms with van der Waals surface area (Å²) in [6.07, 6.45) is 6.19. The van der Waals surface area contributed by atoms with Crippen LogP contribution in [0.25, 0.3) is 0 Å². The Labute approximate surface area is 80.2 Å². The van der Waals surface area contributed by atoms with E-state index in [1.807, 2.05) is 0 Å². The number of nitrogens with zero attached hydrogens (tertiary/aromatic N) is 1. The Kier molecular flexibility index (Phi) is 1.72. The molecular weight excluding hydrogens is 162 g/mol. The Balaban J connectivity index is 1.75. The molecule has 2 unspecified atom stereocenters. The van der Waals surface area contributed by atoms with Crippen molar-refractivity contribution in [1.82, 2.24) is 4.90 Å². The maximum Gasteiger partial charge on any atom is 0.0609 e. The van der Waals surface area contributed by atoms with Crippen LogP contribution in [0.5, 0.6) is 0 Å². The molecule has 0 bridgehead atoms. The van der Waals surface area contributed by atoms with Crippen LogP contribution in [0.2, 0.25) is 0 Å². The number of ether oxygens (including phenoxy) is 1. The van der Waals surface area contributed by atoms with Crippen molar-refractivity contribution in [3.8, 4) is 0 Å². The maximum atomic E-state index is 5.86. The van der Waals surface area contributed by atoms with E-state index in [1.54, 1.807) is 0 Å². The van der Waals surface area contributed by atoms with Crippen LogP contribution in [0, 0.1) is 11.3 Å². The summed E-state index contributed by atoms with van der Waals surface area (Å²) in [5, 5.41) is 0. The predicted molar refractivity (Wildman–Crippen MR) is 51.6 cm³/mol. The van der Waals surface area contributed by atoms with Crippen molar-refractivity contribution < 1.29 is 4.74 Å². The zero-order valence-corrected chi connectivity index (χ0v) is 8.46. The molecule has 0 aromatic heterocycles. The summed E-state index contributed by atoms with van der Waals surface area (Å²) in [5.74, 6) is 0.932. The fraction of sp³-hybridized carbons (Fsp3) is 1.00. The number of piperidine rings is 1. The summed E-state index contributed by atoms with van der Waals surface area (Å²) in [7, 11) is 2.24. The third-order valence-electron chi connectivity index (χ3n) is 4.57. The summed E-state index contributed by atoms with van der Waals surface area (Å²) < 4.78 is 5.86. The summed E-state index contributed by atoms with van der Waals surface area (Å²) in [6, 6.07) is 0. The number of fused-ring (bicyclic) bond motifs is 2. The third-order valence-corrected chi connectivity index (χ3v) is 4.57. The lowest BCUT2D eigenvalue weighted by Crippen LogP contribution is -2.45. The minimum Gasteiger partial charge on any atom is -0.377 e. The van der Waals surface area contributed by atoms with Crippen LogP contribution in [0.1, 0.15) is 25.7 Å². The summed E-state index contributed by atoms with van der Waals surface area (Å²) >= 11 is 0. The van der Waals surface area contributed by atoms with E-state index in [-0.39, 0.29) is 0 Å². The molecule has 1 spiro atoms. The van der Waals surface area contributed by atoms with E-state index in [4.69, 9.17) is 4.74 Å². The van der Waals surface area contributed by atoms with Crippen molar-refractivity contribution in [3.05, 3.63) is 0 Å². The summed E-state index contributed by atoms with van der Waals surface area (Å²) in [5.41, 5.74) is 0.607. The van der Waals surface area contributed by atoms with Gasteiger partial charge < -0.3 is 9.64 Å². The molecule has 0 radical (unpaired) electrons. The lowest BCUT2D eigenvalue weighted by Gasteiger charge is -2.45. The van der Waals surface area contributed by atoms with Crippen molar-refractivity contribution >= 4 is 0 Å². The van der Waals surface area contributed by atoms with Gasteiger partial charge in [-0.05, 0) is 51.7 Å². The minimum atomic E-state index is 0.607. The zero-order chi connectivity index (χ0) is 8.89. The molecule has 3 aliphatic rings. The van der Waals surface area contributed by atoms with Gasteiger partial charge in [-0.3, -0.25) is 0 Å². The van der Waals surface area contributed by atoms with Gasteiger partial charge in [0.05, 0.1) is 12.7 Å². The maximum absolute atomic E-state index is 5.86. The van der Waals surface area contributed by atoms with Crippen LogP contribution in [-0.2, 0) is 4.74 Å². The number of rotatable bonds is 0. The predicted octanol–water partition coefficient (Wildman–Crippen LogP) is 1.51. The minimum absolute atomic E-state index is 0.607. The van der Waals surface area contributed by atoms with E-state index in [2.05, 4.69) is 11.9 Å². The van der Waals surface area contributed by atoms with Crippen LogP contribution >= 0.6 is 0 Å². The smallest absolute Gasteiger partial charge is 0.0609 e. The Morgan fingerprint density at radius 3 is 2.54 bits per heavy atom. The largest absolute Gasteiger partial charge is 0.377 e. The highest BCUT2D eigenvalue weighted by atomic mass is 16.5. The van der Waals surface area contributed by atoms with Gasteiger partial charge in [0.25, 0.3) is 0 Å². The van der Waals surface area contributed by atoms with E-state index < -0.39 is 0 Å². The first-order valence-electron chi connectivity index (χ1n) is 5.60. The Bertz CT molecular complexity index is 208. The van der Waals surface area contributed by atoms with Crippen LogP contribution < -0.4 is 0 Å². The molecule has 74 valence electrons. The molecule has 2 aliphatic heterocycles. The molecule has 3 fully saturated rings. The normalized spacial score (nSPS) is 43.2. The summed E-state index contributed by atoms with van der Waals surface area (Å²) in [4.78, 5) is 2.46. The molecule has 2 saturated heterocycles. The molecule has 2 nitrogen and oxygen atoms in total. The van der Waals surface area contributed by atoms with Crippen LogP contribution in [0.4, 0.5) is 0 Å². The first-order chi connectivity index (χ1) is 6.30. The molecule has 0 N–H and O–H groups in total. The van der Waals surface area contributed by atoms with Gasteiger partial charge in [-0.2, -0.15) is 0 Å². The third kappa shape index (κ3) is 1.08. The average molecular weight is 181 g/mol. The first kappa shape index (κ1) is 8.25. The highest BCUT2D eigenvalue weighted by Gasteiger charge is 2.54. The first-order valence-corrected chi connectivity index (χ1v) is 5.60. The van der Waals surface area contributed by atoms with E-state index in [9.17, 15) is 0 Å². The zero-order valence-electron chi connectivity index (χ0n) is 8.46. The molecular formula is C11H19NO. The Morgan fingerprint density at radius 2 is 2.00 bits per heavy atom. The molecule has 2 heteroatoms. The SMILES string of the molecule is CN1CCC2(CC1)COC1CCC12. The molecule has 0 aromatic carbocycles. The second kappa shape index (κ2) is 2.71. The van der Waals surface area contributed by atoms with E-state index in [0.717, 1.165) is 12.5 Å². The molecule has 1 saturated carbocycles. The lowest BCUT2D eigenvalue weighted by molar-refractivity contribution is 0.0247. The van der Waals surface area contributed by atoms with Crippen molar-refractivity contribution in [2.75, 3.05) is 26.7 Å².